The molecular weight excluding hydrogens is 322 g/mol. The summed E-state index contributed by atoms with van der Waals surface area (Å²) in [7, 11) is 0. The number of pyridine rings is 1. The first-order valence-corrected chi connectivity index (χ1v) is 8.87. The van der Waals surface area contributed by atoms with Crippen LogP contribution in [0.15, 0.2) is 24.5 Å². The Morgan fingerprint density at radius 2 is 2.08 bits per heavy atom. The zero-order chi connectivity index (χ0) is 17.9. The summed E-state index contributed by atoms with van der Waals surface area (Å²) in [6, 6.07) is 3.85. The number of thiazole rings is 1. The standard InChI is InChI=1S/C18H25N3O2S/c1-12(2)11-21(17(22)23-18(4,5)6)16-13(3)20-15(24-16)14-8-7-9-19-10-14/h7-10,12H,11H2,1-6H3. The van der Waals surface area contributed by atoms with Gasteiger partial charge in [0.05, 0.1) is 5.69 Å². The summed E-state index contributed by atoms with van der Waals surface area (Å²) in [6.07, 6.45) is 3.18. The molecule has 2 aromatic rings. The summed E-state index contributed by atoms with van der Waals surface area (Å²) in [5.41, 5.74) is 1.24. The van der Waals surface area contributed by atoms with Crippen LogP contribution in [0.3, 0.4) is 0 Å². The molecule has 0 aliphatic carbocycles. The number of rotatable bonds is 4. The maximum Gasteiger partial charge on any atom is 0.415 e. The minimum absolute atomic E-state index is 0.320. The van der Waals surface area contributed by atoms with Crippen LogP contribution in [0.4, 0.5) is 9.80 Å². The van der Waals surface area contributed by atoms with Crippen LogP contribution in [-0.4, -0.2) is 28.2 Å². The lowest BCUT2D eigenvalue weighted by Crippen LogP contribution is -2.38. The monoisotopic (exact) mass is 347 g/mol. The molecule has 0 atom stereocenters. The molecular formula is C18H25N3O2S. The normalized spacial score (nSPS) is 11.6. The minimum atomic E-state index is -0.531. The van der Waals surface area contributed by atoms with Crippen LogP contribution in [-0.2, 0) is 4.74 Å². The molecule has 0 N–H and O–H groups in total. The Balaban J connectivity index is 2.36. The smallest absolute Gasteiger partial charge is 0.415 e. The fourth-order valence-electron chi connectivity index (χ4n) is 2.17. The molecule has 24 heavy (non-hydrogen) atoms. The van der Waals surface area contributed by atoms with Gasteiger partial charge in [0.2, 0.25) is 0 Å². The van der Waals surface area contributed by atoms with Gasteiger partial charge in [0, 0.05) is 24.5 Å². The van der Waals surface area contributed by atoms with Crippen molar-refractivity contribution in [2.45, 2.75) is 47.1 Å². The zero-order valence-corrected chi connectivity index (χ0v) is 16.0. The predicted octanol–water partition coefficient (Wildman–Crippen LogP) is 4.91. The van der Waals surface area contributed by atoms with Gasteiger partial charge in [0.15, 0.2) is 0 Å². The van der Waals surface area contributed by atoms with Crippen LogP contribution < -0.4 is 4.90 Å². The van der Waals surface area contributed by atoms with Gasteiger partial charge in [-0.15, -0.1) is 0 Å². The van der Waals surface area contributed by atoms with E-state index < -0.39 is 5.60 Å². The molecule has 0 spiro atoms. The average molecular weight is 347 g/mol. The maximum atomic E-state index is 12.7. The third-order valence-corrected chi connectivity index (χ3v) is 4.32. The minimum Gasteiger partial charge on any atom is -0.443 e. The molecule has 0 unspecified atom stereocenters. The summed E-state index contributed by atoms with van der Waals surface area (Å²) < 4.78 is 5.58. The molecule has 1 amide bonds. The number of carbonyl (C=O) groups is 1. The Hall–Kier alpha value is -1.95. The molecule has 0 aliphatic heterocycles. The number of anilines is 1. The van der Waals surface area contributed by atoms with Gasteiger partial charge < -0.3 is 4.74 Å². The third-order valence-electron chi connectivity index (χ3n) is 3.09. The van der Waals surface area contributed by atoms with Crippen LogP contribution in [0.2, 0.25) is 0 Å². The molecule has 130 valence electrons. The maximum absolute atomic E-state index is 12.7. The van der Waals surface area contributed by atoms with E-state index in [1.807, 2.05) is 39.8 Å². The van der Waals surface area contributed by atoms with Crippen molar-refractivity contribution < 1.29 is 9.53 Å². The van der Waals surface area contributed by atoms with E-state index in [9.17, 15) is 4.79 Å². The van der Waals surface area contributed by atoms with Crippen molar-refractivity contribution in [1.29, 1.82) is 0 Å². The fraction of sp³-hybridized carbons (Fsp3) is 0.500. The summed E-state index contributed by atoms with van der Waals surface area (Å²) in [4.78, 5) is 23.1. The molecule has 5 nitrogen and oxygen atoms in total. The van der Waals surface area contributed by atoms with E-state index >= 15 is 0 Å². The number of aryl methyl sites for hydroxylation is 1. The van der Waals surface area contributed by atoms with Crippen molar-refractivity contribution in [2.24, 2.45) is 5.92 Å². The highest BCUT2D eigenvalue weighted by atomic mass is 32.1. The lowest BCUT2D eigenvalue weighted by atomic mass is 10.2. The van der Waals surface area contributed by atoms with Gasteiger partial charge in [-0.2, -0.15) is 0 Å². The number of ether oxygens (including phenoxy) is 1. The van der Waals surface area contributed by atoms with Gasteiger partial charge in [0.1, 0.15) is 15.6 Å². The number of amides is 1. The Kier molecular flexibility index (Phi) is 5.59. The highest BCUT2D eigenvalue weighted by Crippen LogP contribution is 2.35. The number of hydrogen-bond donors (Lipinski definition) is 0. The van der Waals surface area contributed by atoms with Crippen LogP contribution in [0, 0.1) is 12.8 Å². The molecule has 0 bridgehead atoms. The van der Waals surface area contributed by atoms with Crippen LogP contribution in [0.1, 0.15) is 40.3 Å². The van der Waals surface area contributed by atoms with E-state index in [1.165, 1.54) is 11.3 Å². The second kappa shape index (κ2) is 7.30. The van der Waals surface area contributed by atoms with E-state index in [-0.39, 0.29) is 6.09 Å². The Labute approximate surface area is 147 Å². The SMILES string of the molecule is Cc1nc(-c2cccnc2)sc1N(CC(C)C)C(=O)OC(C)(C)C. The zero-order valence-electron chi connectivity index (χ0n) is 15.2. The van der Waals surface area contributed by atoms with Crippen molar-refractivity contribution in [3.63, 3.8) is 0 Å². The van der Waals surface area contributed by atoms with E-state index in [1.54, 1.807) is 17.3 Å². The number of aromatic nitrogens is 2. The summed E-state index contributed by atoms with van der Waals surface area (Å²) in [5.74, 6) is 0.320. The fourth-order valence-corrected chi connectivity index (χ4v) is 3.23. The van der Waals surface area contributed by atoms with Crippen LogP contribution in [0.5, 0.6) is 0 Å². The molecule has 0 saturated heterocycles. The second-order valence-electron chi connectivity index (χ2n) is 7.14. The third kappa shape index (κ3) is 4.77. The lowest BCUT2D eigenvalue weighted by molar-refractivity contribution is 0.0577. The summed E-state index contributed by atoms with van der Waals surface area (Å²) in [5, 5.41) is 1.68. The van der Waals surface area contributed by atoms with Crippen molar-refractivity contribution in [1.82, 2.24) is 9.97 Å². The van der Waals surface area contributed by atoms with Crippen molar-refractivity contribution in [3.05, 3.63) is 30.2 Å². The molecule has 6 heteroatoms. The Morgan fingerprint density at radius 3 is 2.62 bits per heavy atom. The lowest BCUT2D eigenvalue weighted by Gasteiger charge is -2.27. The van der Waals surface area contributed by atoms with E-state index in [0.717, 1.165) is 21.3 Å². The van der Waals surface area contributed by atoms with Gasteiger partial charge in [-0.05, 0) is 45.7 Å². The predicted molar refractivity (Wildman–Crippen MR) is 98.5 cm³/mol. The number of hydrogen-bond acceptors (Lipinski definition) is 5. The van der Waals surface area contributed by atoms with Gasteiger partial charge >= 0.3 is 6.09 Å². The summed E-state index contributed by atoms with van der Waals surface area (Å²) in [6.45, 7) is 12.3. The van der Waals surface area contributed by atoms with Crippen molar-refractivity contribution >= 4 is 22.4 Å². The van der Waals surface area contributed by atoms with Crippen molar-refractivity contribution in [2.75, 3.05) is 11.4 Å². The molecule has 0 radical (unpaired) electrons. The Morgan fingerprint density at radius 1 is 1.38 bits per heavy atom. The number of nitrogens with zero attached hydrogens (tertiary/aromatic N) is 3. The molecule has 2 aromatic heterocycles. The first kappa shape index (κ1) is 18.4. The second-order valence-corrected chi connectivity index (χ2v) is 8.11. The average Bonchev–Trinajstić information content (AvgIpc) is 2.85. The van der Waals surface area contributed by atoms with Crippen LogP contribution >= 0.6 is 11.3 Å². The van der Waals surface area contributed by atoms with Gasteiger partial charge in [-0.25, -0.2) is 9.78 Å². The first-order chi connectivity index (χ1) is 11.2. The highest BCUT2D eigenvalue weighted by molar-refractivity contribution is 7.19. The van der Waals surface area contributed by atoms with Gasteiger partial charge in [0.25, 0.3) is 0 Å². The quantitative estimate of drug-likeness (QED) is 0.788. The number of carbonyl (C=O) groups excluding carboxylic acids is 1. The molecule has 0 saturated carbocycles. The van der Waals surface area contributed by atoms with Gasteiger partial charge in [-0.3, -0.25) is 9.88 Å². The molecule has 2 rings (SSSR count). The van der Waals surface area contributed by atoms with E-state index in [4.69, 9.17) is 4.74 Å². The summed E-state index contributed by atoms with van der Waals surface area (Å²) >= 11 is 1.49. The van der Waals surface area contributed by atoms with Gasteiger partial charge in [-0.1, -0.05) is 25.2 Å². The van der Waals surface area contributed by atoms with Crippen LogP contribution in [0.25, 0.3) is 10.6 Å². The molecule has 0 fully saturated rings. The largest absolute Gasteiger partial charge is 0.443 e. The Bertz CT molecular complexity index is 690. The molecule has 0 aliphatic rings. The molecule has 0 aromatic carbocycles. The first-order valence-electron chi connectivity index (χ1n) is 8.05. The topological polar surface area (TPSA) is 55.3 Å². The van der Waals surface area contributed by atoms with E-state index in [0.29, 0.717) is 12.5 Å². The molecule has 2 heterocycles. The van der Waals surface area contributed by atoms with Crippen molar-refractivity contribution in [3.8, 4) is 10.6 Å². The van der Waals surface area contributed by atoms with E-state index in [2.05, 4.69) is 23.8 Å². The highest BCUT2D eigenvalue weighted by Gasteiger charge is 2.27.